The molecule has 6 rings (SSSR count). The largest absolute Gasteiger partial charge is 0.315 e. The lowest BCUT2D eigenvalue weighted by molar-refractivity contribution is -0.0113. The lowest BCUT2D eigenvalue weighted by Gasteiger charge is -2.56. The number of rotatable bonds is 1. The van der Waals surface area contributed by atoms with E-state index >= 15 is 0 Å². The Bertz CT molecular complexity index is 553. The van der Waals surface area contributed by atoms with Crippen LogP contribution in [0.5, 0.6) is 0 Å². The molecule has 5 aliphatic rings. The van der Waals surface area contributed by atoms with Crippen LogP contribution in [-0.4, -0.2) is 14.8 Å². The number of hydrogen-bond acceptors (Lipinski definition) is 2. The number of aryl methyl sites for hydroxylation is 1. The molecule has 1 aromatic heterocycles. The summed E-state index contributed by atoms with van der Waals surface area (Å²) in [6.07, 6.45) is 19.6. The van der Waals surface area contributed by atoms with Gasteiger partial charge in [-0.2, -0.15) is 0 Å². The molecular weight excluding hydrogens is 294 g/mol. The zero-order chi connectivity index (χ0) is 16.0. The molecule has 0 amide bonds. The molecule has 0 radical (unpaired) electrons. The second-order valence-electron chi connectivity index (χ2n) is 9.51. The quantitative estimate of drug-likeness (QED) is 0.724. The highest BCUT2D eigenvalue weighted by Crippen LogP contribution is 2.60. The molecule has 4 saturated carbocycles. The van der Waals surface area contributed by atoms with Crippen LogP contribution in [0.3, 0.4) is 0 Å². The molecule has 0 aromatic carbocycles. The average Bonchev–Trinajstić information content (AvgIpc) is 2.93. The molecule has 4 fully saturated rings. The van der Waals surface area contributed by atoms with Gasteiger partial charge in [0.15, 0.2) is 0 Å². The molecule has 4 bridgehead atoms. The molecule has 0 atom stereocenters. The lowest BCUT2D eigenvalue weighted by atomic mass is 9.49. The minimum absolute atomic E-state index is 0.403. The summed E-state index contributed by atoms with van der Waals surface area (Å²) in [5.74, 6) is 5.70. The van der Waals surface area contributed by atoms with Gasteiger partial charge < -0.3 is 4.57 Å². The van der Waals surface area contributed by atoms with Crippen molar-refractivity contribution < 1.29 is 0 Å². The average molecular weight is 328 g/mol. The van der Waals surface area contributed by atoms with E-state index in [-0.39, 0.29) is 0 Å². The van der Waals surface area contributed by atoms with Gasteiger partial charge in [0.05, 0.1) is 0 Å². The zero-order valence-electron chi connectivity index (χ0n) is 15.2. The van der Waals surface area contributed by atoms with E-state index in [2.05, 4.69) is 4.57 Å². The van der Waals surface area contributed by atoms with E-state index in [1.807, 2.05) is 0 Å². The van der Waals surface area contributed by atoms with Crippen LogP contribution in [0.2, 0.25) is 0 Å². The standard InChI is InChI=1S/C21H33N3/c1-2-4-6-8-19-22-23-20(24(19)9-7-5-3-1)21-13-16-10-17(14-21)12-18(11-16)15-21/h16-18H,1-15H2. The summed E-state index contributed by atoms with van der Waals surface area (Å²) in [5, 5.41) is 9.60. The van der Waals surface area contributed by atoms with Crippen molar-refractivity contribution in [1.82, 2.24) is 14.8 Å². The van der Waals surface area contributed by atoms with Crippen LogP contribution in [-0.2, 0) is 18.4 Å². The maximum atomic E-state index is 4.87. The van der Waals surface area contributed by atoms with Crippen molar-refractivity contribution in [2.45, 2.75) is 102 Å². The first kappa shape index (κ1) is 15.4. The first-order chi connectivity index (χ1) is 11.8. The van der Waals surface area contributed by atoms with E-state index in [9.17, 15) is 0 Å². The summed E-state index contributed by atoms with van der Waals surface area (Å²) in [4.78, 5) is 0. The predicted octanol–water partition coefficient (Wildman–Crippen LogP) is 5.03. The summed E-state index contributed by atoms with van der Waals surface area (Å²) in [6.45, 7) is 1.18. The van der Waals surface area contributed by atoms with Crippen molar-refractivity contribution >= 4 is 0 Å². The fourth-order valence-electron chi connectivity index (χ4n) is 6.97. The Morgan fingerprint density at radius 2 is 1.29 bits per heavy atom. The number of aromatic nitrogens is 3. The van der Waals surface area contributed by atoms with Crippen molar-refractivity contribution in [3.05, 3.63) is 11.6 Å². The molecule has 1 aliphatic heterocycles. The van der Waals surface area contributed by atoms with Crippen molar-refractivity contribution in [2.24, 2.45) is 17.8 Å². The highest BCUT2D eigenvalue weighted by Gasteiger charge is 2.53. The smallest absolute Gasteiger partial charge is 0.139 e. The molecule has 3 nitrogen and oxygen atoms in total. The number of nitrogens with zero attached hydrogens (tertiary/aromatic N) is 3. The van der Waals surface area contributed by atoms with Gasteiger partial charge in [-0.1, -0.05) is 32.1 Å². The fourth-order valence-corrected chi connectivity index (χ4v) is 6.97. The zero-order valence-corrected chi connectivity index (χ0v) is 15.2. The minimum atomic E-state index is 0.403. The molecule has 1 aromatic rings. The fraction of sp³-hybridized carbons (Fsp3) is 0.905. The van der Waals surface area contributed by atoms with Crippen LogP contribution < -0.4 is 0 Å². The molecule has 24 heavy (non-hydrogen) atoms. The van der Waals surface area contributed by atoms with E-state index < -0.39 is 0 Å². The van der Waals surface area contributed by atoms with Crippen LogP contribution in [0.15, 0.2) is 0 Å². The van der Waals surface area contributed by atoms with Gasteiger partial charge in [0, 0.05) is 18.4 Å². The molecule has 3 heteroatoms. The molecule has 2 heterocycles. The van der Waals surface area contributed by atoms with E-state index in [0.29, 0.717) is 5.41 Å². The van der Waals surface area contributed by atoms with Gasteiger partial charge in [0.25, 0.3) is 0 Å². The van der Waals surface area contributed by atoms with Gasteiger partial charge in [0.1, 0.15) is 11.6 Å². The van der Waals surface area contributed by atoms with Crippen LogP contribution in [0.25, 0.3) is 0 Å². The Kier molecular flexibility index (Phi) is 3.94. The Labute approximate surface area is 146 Å². The van der Waals surface area contributed by atoms with E-state index in [1.54, 1.807) is 0 Å². The minimum Gasteiger partial charge on any atom is -0.315 e. The monoisotopic (exact) mass is 327 g/mol. The van der Waals surface area contributed by atoms with Gasteiger partial charge in [0.2, 0.25) is 0 Å². The van der Waals surface area contributed by atoms with Gasteiger partial charge in [-0.25, -0.2) is 0 Å². The first-order valence-electron chi connectivity index (χ1n) is 10.7. The topological polar surface area (TPSA) is 30.7 Å². The van der Waals surface area contributed by atoms with Crippen molar-refractivity contribution in [2.75, 3.05) is 0 Å². The number of hydrogen-bond donors (Lipinski definition) is 0. The summed E-state index contributed by atoms with van der Waals surface area (Å²) in [5.41, 5.74) is 0.403. The normalized spacial score (nSPS) is 39.4. The molecule has 132 valence electrons. The molecule has 0 unspecified atom stereocenters. The third kappa shape index (κ3) is 2.63. The Balaban J connectivity index is 1.47. The molecule has 0 saturated heterocycles. The highest BCUT2D eigenvalue weighted by atomic mass is 15.3. The van der Waals surface area contributed by atoms with Gasteiger partial charge >= 0.3 is 0 Å². The van der Waals surface area contributed by atoms with Gasteiger partial charge in [-0.15, -0.1) is 10.2 Å². The van der Waals surface area contributed by atoms with Crippen LogP contribution in [0.1, 0.15) is 95.1 Å². The second-order valence-corrected chi connectivity index (χ2v) is 9.51. The third-order valence-electron chi connectivity index (χ3n) is 7.62. The first-order valence-corrected chi connectivity index (χ1v) is 10.7. The predicted molar refractivity (Wildman–Crippen MR) is 95.9 cm³/mol. The maximum absolute atomic E-state index is 4.87. The van der Waals surface area contributed by atoms with Crippen molar-refractivity contribution in [3.8, 4) is 0 Å². The Morgan fingerprint density at radius 1 is 0.708 bits per heavy atom. The van der Waals surface area contributed by atoms with Crippen molar-refractivity contribution in [1.29, 1.82) is 0 Å². The summed E-state index contributed by atoms with van der Waals surface area (Å²) >= 11 is 0. The van der Waals surface area contributed by atoms with E-state index in [1.165, 1.54) is 102 Å². The molecule has 4 aliphatic carbocycles. The Hall–Kier alpha value is -0.860. The van der Waals surface area contributed by atoms with Crippen LogP contribution in [0, 0.1) is 17.8 Å². The Morgan fingerprint density at radius 3 is 1.96 bits per heavy atom. The highest BCUT2D eigenvalue weighted by molar-refractivity contribution is 5.19. The van der Waals surface area contributed by atoms with Crippen LogP contribution in [0.4, 0.5) is 0 Å². The SMILES string of the molecule is C1CCCCc2nnc(C34CC5CC(CC(C5)C3)C4)n2CCCC1. The molecular formula is C21H33N3. The summed E-state index contributed by atoms with van der Waals surface area (Å²) < 4.78 is 2.61. The summed E-state index contributed by atoms with van der Waals surface area (Å²) in [6, 6.07) is 0. The van der Waals surface area contributed by atoms with E-state index in [4.69, 9.17) is 10.2 Å². The molecule has 0 spiro atoms. The van der Waals surface area contributed by atoms with Crippen molar-refractivity contribution in [3.63, 3.8) is 0 Å². The summed E-state index contributed by atoms with van der Waals surface area (Å²) in [7, 11) is 0. The van der Waals surface area contributed by atoms with Gasteiger partial charge in [-0.05, 0) is 69.1 Å². The lowest BCUT2D eigenvalue weighted by Crippen LogP contribution is -2.49. The number of fused-ring (bicyclic) bond motifs is 1. The van der Waals surface area contributed by atoms with E-state index in [0.717, 1.165) is 24.2 Å². The third-order valence-corrected chi connectivity index (χ3v) is 7.62. The van der Waals surface area contributed by atoms with Crippen LogP contribution >= 0.6 is 0 Å². The maximum Gasteiger partial charge on any atom is 0.139 e. The second kappa shape index (κ2) is 6.14. The molecule has 0 N–H and O–H groups in total. The van der Waals surface area contributed by atoms with Gasteiger partial charge in [-0.3, -0.25) is 0 Å².